The van der Waals surface area contributed by atoms with Crippen LogP contribution in [0.5, 0.6) is 5.75 Å². The number of carbonyl (C=O) groups is 1. The first-order valence-corrected chi connectivity index (χ1v) is 11.8. The number of para-hydroxylation sites is 2. The Morgan fingerprint density at radius 2 is 1.67 bits per heavy atom. The van der Waals surface area contributed by atoms with E-state index in [1.165, 1.54) is 11.8 Å². The predicted molar refractivity (Wildman–Crippen MR) is 131 cm³/mol. The summed E-state index contributed by atoms with van der Waals surface area (Å²) in [5, 5.41) is 12.8. The van der Waals surface area contributed by atoms with Gasteiger partial charge in [0.1, 0.15) is 12.4 Å². The summed E-state index contributed by atoms with van der Waals surface area (Å²) in [5.74, 6) is 1.33. The molecule has 0 aliphatic carbocycles. The van der Waals surface area contributed by atoms with Crippen LogP contribution in [0.15, 0.2) is 90.1 Å². The number of ether oxygens (including phenoxy) is 1. The minimum Gasteiger partial charge on any atom is -0.484 e. The number of amides is 1. The SMILES string of the molecule is CC(NC(=O)CSc1nnc(COc2ccccc2Cl)n1-c1ccccc1)c1ccccc1. The zero-order valence-electron chi connectivity index (χ0n) is 18.0. The van der Waals surface area contributed by atoms with Crippen molar-refractivity contribution >= 4 is 29.3 Å². The van der Waals surface area contributed by atoms with Gasteiger partial charge < -0.3 is 10.1 Å². The Morgan fingerprint density at radius 1 is 1.00 bits per heavy atom. The molecule has 0 radical (unpaired) electrons. The number of benzene rings is 3. The van der Waals surface area contributed by atoms with Crippen LogP contribution in [0.25, 0.3) is 5.69 Å². The van der Waals surface area contributed by atoms with Gasteiger partial charge in [0.15, 0.2) is 11.0 Å². The lowest BCUT2D eigenvalue weighted by molar-refractivity contribution is -0.119. The minimum absolute atomic E-state index is 0.0761. The third kappa shape index (κ3) is 5.94. The number of halogens is 1. The second-order valence-electron chi connectivity index (χ2n) is 7.28. The molecule has 8 heteroatoms. The van der Waals surface area contributed by atoms with Crippen LogP contribution in [0.3, 0.4) is 0 Å². The molecule has 1 amide bonds. The summed E-state index contributed by atoms with van der Waals surface area (Å²) in [7, 11) is 0. The number of nitrogens with one attached hydrogen (secondary N) is 1. The monoisotopic (exact) mass is 478 g/mol. The van der Waals surface area contributed by atoms with Gasteiger partial charge in [-0.05, 0) is 36.8 Å². The molecule has 1 unspecified atom stereocenters. The molecule has 1 aromatic heterocycles. The molecule has 6 nitrogen and oxygen atoms in total. The molecule has 4 aromatic rings. The summed E-state index contributed by atoms with van der Waals surface area (Å²) in [5.41, 5.74) is 1.95. The lowest BCUT2D eigenvalue weighted by Crippen LogP contribution is -2.28. The molecule has 1 atom stereocenters. The predicted octanol–water partition coefficient (Wildman–Crippen LogP) is 5.47. The molecule has 0 spiro atoms. The Labute approximate surface area is 202 Å². The molecule has 0 saturated heterocycles. The average molecular weight is 479 g/mol. The summed E-state index contributed by atoms with van der Waals surface area (Å²) < 4.78 is 7.78. The molecule has 168 valence electrons. The van der Waals surface area contributed by atoms with Gasteiger partial charge in [-0.15, -0.1) is 10.2 Å². The van der Waals surface area contributed by atoms with Gasteiger partial charge in [-0.1, -0.05) is 84.0 Å². The van der Waals surface area contributed by atoms with E-state index in [2.05, 4.69) is 15.5 Å². The molecule has 1 heterocycles. The van der Waals surface area contributed by atoms with Crippen molar-refractivity contribution in [2.75, 3.05) is 5.75 Å². The van der Waals surface area contributed by atoms with E-state index in [9.17, 15) is 4.79 Å². The van der Waals surface area contributed by atoms with Gasteiger partial charge in [-0.3, -0.25) is 9.36 Å². The van der Waals surface area contributed by atoms with E-state index in [0.717, 1.165) is 11.3 Å². The molecule has 0 bridgehead atoms. The molecule has 0 fully saturated rings. The molecule has 0 aliphatic heterocycles. The number of aromatic nitrogens is 3. The molecule has 33 heavy (non-hydrogen) atoms. The van der Waals surface area contributed by atoms with E-state index in [0.29, 0.717) is 21.8 Å². The maximum atomic E-state index is 12.6. The number of hydrogen-bond donors (Lipinski definition) is 1. The van der Waals surface area contributed by atoms with Crippen LogP contribution in [0.1, 0.15) is 24.4 Å². The zero-order chi connectivity index (χ0) is 23.0. The van der Waals surface area contributed by atoms with Crippen LogP contribution in [0.4, 0.5) is 0 Å². The van der Waals surface area contributed by atoms with E-state index < -0.39 is 0 Å². The normalized spacial score (nSPS) is 11.7. The number of thioether (sulfide) groups is 1. The highest BCUT2D eigenvalue weighted by molar-refractivity contribution is 7.99. The lowest BCUT2D eigenvalue weighted by atomic mass is 10.1. The van der Waals surface area contributed by atoms with Crippen LogP contribution in [0.2, 0.25) is 5.02 Å². The first kappa shape index (κ1) is 22.9. The van der Waals surface area contributed by atoms with E-state index in [-0.39, 0.29) is 24.3 Å². The zero-order valence-corrected chi connectivity index (χ0v) is 19.6. The number of carbonyl (C=O) groups excluding carboxylic acids is 1. The van der Waals surface area contributed by atoms with Crippen molar-refractivity contribution in [3.05, 3.63) is 101 Å². The number of nitrogens with zero attached hydrogens (tertiary/aromatic N) is 3. The number of rotatable bonds is 9. The largest absolute Gasteiger partial charge is 0.484 e. The van der Waals surface area contributed by atoms with Gasteiger partial charge in [0, 0.05) is 5.69 Å². The summed E-state index contributed by atoms with van der Waals surface area (Å²) in [6, 6.07) is 26.8. The van der Waals surface area contributed by atoms with Gasteiger partial charge in [0.2, 0.25) is 5.91 Å². The van der Waals surface area contributed by atoms with Crippen LogP contribution in [-0.2, 0) is 11.4 Å². The first-order chi connectivity index (χ1) is 16.1. The summed E-state index contributed by atoms with van der Waals surface area (Å²) in [6.45, 7) is 2.15. The topological polar surface area (TPSA) is 69.0 Å². The summed E-state index contributed by atoms with van der Waals surface area (Å²) in [6.07, 6.45) is 0. The fourth-order valence-corrected chi connectivity index (χ4v) is 4.24. The fraction of sp³-hybridized carbons (Fsp3) is 0.160. The Balaban J connectivity index is 1.47. The first-order valence-electron chi connectivity index (χ1n) is 10.5. The van der Waals surface area contributed by atoms with Crippen LogP contribution in [0, 0.1) is 0 Å². The summed E-state index contributed by atoms with van der Waals surface area (Å²) >= 11 is 7.53. The Hall–Kier alpha value is -3.29. The number of hydrogen-bond acceptors (Lipinski definition) is 5. The third-order valence-electron chi connectivity index (χ3n) is 4.92. The second kappa shape index (κ2) is 11.0. The van der Waals surface area contributed by atoms with Crippen LogP contribution in [-0.4, -0.2) is 26.4 Å². The highest BCUT2D eigenvalue weighted by Crippen LogP contribution is 2.26. The van der Waals surface area contributed by atoms with Gasteiger partial charge in [-0.25, -0.2) is 0 Å². The van der Waals surface area contributed by atoms with Crippen molar-refractivity contribution < 1.29 is 9.53 Å². The Morgan fingerprint density at radius 3 is 2.39 bits per heavy atom. The molecule has 1 N–H and O–H groups in total. The quantitative estimate of drug-likeness (QED) is 0.323. The summed E-state index contributed by atoms with van der Waals surface area (Å²) in [4.78, 5) is 12.6. The Bertz CT molecular complexity index is 1200. The maximum Gasteiger partial charge on any atom is 0.230 e. The molecule has 4 rings (SSSR count). The second-order valence-corrected chi connectivity index (χ2v) is 8.63. The van der Waals surface area contributed by atoms with Gasteiger partial charge in [0.25, 0.3) is 0 Å². The average Bonchev–Trinajstić information content (AvgIpc) is 3.26. The van der Waals surface area contributed by atoms with E-state index in [1.807, 2.05) is 84.3 Å². The van der Waals surface area contributed by atoms with E-state index >= 15 is 0 Å². The highest BCUT2D eigenvalue weighted by atomic mass is 35.5. The highest BCUT2D eigenvalue weighted by Gasteiger charge is 2.17. The van der Waals surface area contributed by atoms with E-state index in [4.69, 9.17) is 16.3 Å². The third-order valence-corrected chi connectivity index (χ3v) is 6.16. The van der Waals surface area contributed by atoms with Crippen LogP contribution >= 0.6 is 23.4 Å². The fourth-order valence-electron chi connectivity index (χ4n) is 3.27. The molecule has 0 aliphatic rings. The van der Waals surface area contributed by atoms with Gasteiger partial charge in [0.05, 0.1) is 16.8 Å². The van der Waals surface area contributed by atoms with Crippen molar-refractivity contribution in [1.29, 1.82) is 0 Å². The van der Waals surface area contributed by atoms with Crippen molar-refractivity contribution in [2.45, 2.75) is 24.7 Å². The molecule has 3 aromatic carbocycles. The van der Waals surface area contributed by atoms with Gasteiger partial charge >= 0.3 is 0 Å². The van der Waals surface area contributed by atoms with Crippen LogP contribution < -0.4 is 10.1 Å². The van der Waals surface area contributed by atoms with E-state index in [1.54, 1.807) is 12.1 Å². The Kier molecular flexibility index (Phi) is 7.65. The molecule has 0 saturated carbocycles. The van der Waals surface area contributed by atoms with Crippen molar-refractivity contribution in [3.8, 4) is 11.4 Å². The molecular formula is C25H23ClN4O2S. The smallest absolute Gasteiger partial charge is 0.230 e. The standard InChI is InChI=1S/C25H23ClN4O2S/c1-18(19-10-4-2-5-11-19)27-24(31)17-33-25-29-28-23(30(25)20-12-6-3-7-13-20)16-32-22-15-9-8-14-21(22)26/h2-15,18H,16-17H2,1H3,(H,27,31). The van der Waals surface area contributed by atoms with Crippen molar-refractivity contribution in [2.24, 2.45) is 0 Å². The van der Waals surface area contributed by atoms with Gasteiger partial charge in [-0.2, -0.15) is 0 Å². The molecular weight excluding hydrogens is 456 g/mol. The van der Waals surface area contributed by atoms with Crippen molar-refractivity contribution in [1.82, 2.24) is 20.1 Å². The maximum absolute atomic E-state index is 12.6. The minimum atomic E-state index is -0.0779. The lowest BCUT2D eigenvalue weighted by Gasteiger charge is -2.14. The van der Waals surface area contributed by atoms with Crippen molar-refractivity contribution in [3.63, 3.8) is 0 Å².